The maximum absolute atomic E-state index is 12.1. The number of fused-ring (bicyclic) bond motifs is 1. The Kier molecular flexibility index (Phi) is 3.53. The molecule has 0 radical (unpaired) electrons. The van der Waals surface area contributed by atoms with Crippen molar-refractivity contribution in [3.8, 4) is 0 Å². The summed E-state index contributed by atoms with van der Waals surface area (Å²) in [5.41, 5.74) is 1.61. The normalized spacial score (nSPS) is 12.9. The van der Waals surface area contributed by atoms with E-state index in [4.69, 9.17) is 0 Å². The standard InChI is InChI=1S/C11H10Br2N2O2/c1-2-6(12)10(16)5-3-8-9(4-7(5)13)15-11(17)14-8/h3-4,6H,2H2,1H3,(H2,14,15,17). The lowest BCUT2D eigenvalue weighted by Crippen LogP contribution is -2.13. The molecule has 0 bridgehead atoms. The first kappa shape index (κ1) is 12.6. The molecule has 90 valence electrons. The fraction of sp³-hybridized carbons (Fsp3) is 0.273. The quantitative estimate of drug-likeness (QED) is 0.652. The largest absolute Gasteiger partial charge is 0.323 e. The number of carbonyl (C=O) groups is 1. The second kappa shape index (κ2) is 4.78. The summed E-state index contributed by atoms with van der Waals surface area (Å²) < 4.78 is 0.683. The molecular formula is C11H10Br2N2O2. The van der Waals surface area contributed by atoms with Gasteiger partial charge < -0.3 is 9.97 Å². The van der Waals surface area contributed by atoms with Crippen LogP contribution in [0.2, 0.25) is 0 Å². The topological polar surface area (TPSA) is 65.7 Å². The van der Waals surface area contributed by atoms with Crippen molar-refractivity contribution < 1.29 is 4.79 Å². The summed E-state index contributed by atoms with van der Waals surface area (Å²) in [7, 11) is 0. The van der Waals surface area contributed by atoms with Crippen molar-refractivity contribution in [1.29, 1.82) is 0 Å². The van der Waals surface area contributed by atoms with Crippen molar-refractivity contribution in [2.24, 2.45) is 0 Å². The number of ketones is 1. The van der Waals surface area contributed by atoms with E-state index in [1.54, 1.807) is 12.1 Å². The van der Waals surface area contributed by atoms with Gasteiger partial charge in [-0.2, -0.15) is 0 Å². The van der Waals surface area contributed by atoms with E-state index in [2.05, 4.69) is 41.8 Å². The highest BCUT2D eigenvalue weighted by atomic mass is 79.9. The predicted molar refractivity (Wildman–Crippen MR) is 74.0 cm³/mol. The number of benzene rings is 1. The van der Waals surface area contributed by atoms with Crippen LogP contribution in [-0.2, 0) is 0 Å². The fourth-order valence-electron chi connectivity index (χ4n) is 1.60. The van der Waals surface area contributed by atoms with Crippen LogP contribution in [0.4, 0.5) is 0 Å². The number of nitrogens with one attached hydrogen (secondary N) is 2. The lowest BCUT2D eigenvalue weighted by atomic mass is 10.1. The summed E-state index contributed by atoms with van der Waals surface area (Å²) in [6.07, 6.45) is 0.715. The number of carbonyl (C=O) groups excluding carboxylic acids is 1. The molecule has 4 nitrogen and oxygen atoms in total. The van der Waals surface area contributed by atoms with Gasteiger partial charge in [0.2, 0.25) is 0 Å². The van der Waals surface area contributed by atoms with E-state index in [-0.39, 0.29) is 16.3 Å². The number of hydrogen-bond donors (Lipinski definition) is 2. The number of rotatable bonds is 3. The molecule has 1 heterocycles. The Labute approximate surface area is 114 Å². The molecular weight excluding hydrogens is 352 g/mol. The predicted octanol–water partition coefficient (Wildman–Crippen LogP) is 2.97. The van der Waals surface area contributed by atoms with Crippen LogP contribution in [0.5, 0.6) is 0 Å². The number of imidazole rings is 1. The third kappa shape index (κ3) is 2.37. The van der Waals surface area contributed by atoms with Gasteiger partial charge in [0.15, 0.2) is 5.78 Å². The molecule has 17 heavy (non-hydrogen) atoms. The Balaban J connectivity index is 2.57. The monoisotopic (exact) mass is 360 g/mol. The Hall–Kier alpha value is -0.880. The second-order valence-corrected chi connectivity index (χ2v) is 5.66. The van der Waals surface area contributed by atoms with Crippen molar-refractivity contribution in [2.45, 2.75) is 18.2 Å². The minimum atomic E-state index is -0.276. The van der Waals surface area contributed by atoms with Crippen molar-refractivity contribution in [1.82, 2.24) is 9.97 Å². The van der Waals surface area contributed by atoms with Crippen LogP contribution in [0.15, 0.2) is 21.4 Å². The molecule has 2 rings (SSSR count). The molecule has 1 aromatic heterocycles. The van der Waals surface area contributed by atoms with Gasteiger partial charge in [0.05, 0.1) is 15.9 Å². The van der Waals surface area contributed by atoms with Gasteiger partial charge in [-0.25, -0.2) is 4.79 Å². The molecule has 1 aromatic carbocycles. The Morgan fingerprint density at radius 2 is 1.94 bits per heavy atom. The van der Waals surface area contributed by atoms with E-state index >= 15 is 0 Å². The van der Waals surface area contributed by atoms with Crippen LogP contribution >= 0.6 is 31.9 Å². The molecule has 0 spiro atoms. The third-order valence-corrected chi connectivity index (χ3v) is 4.23. The molecule has 2 N–H and O–H groups in total. The zero-order chi connectivity index (χ0) is 12.6. The summed E-state index contributed by atoms with van der Waals surface area (Å²) in [6.45, 7) is 1.93. The lowest BCUT2D eigenvalue weighted by Gasteiger charge is -2.07. The lowest BCUT2D eigenvalue weighted by molar-refractivity contribution is 0.0989. The molecule has 0 amide bonds. The van der Waals surface area contributed by atoms with E-state index in [0.29, 0.717) is 27.5 Å². The number of H-pyrrole nitrogens is 2. The van der Waals surface area contributed by atoms with Gasteiger partial charge in [-0.05, 0) is 34.5 Å². The van der Waals surface area contributed by atoms with E-state index in [0.717, 1.165) is 0 Å². The third-order valence-electron chi connectivity index (χ3n) is 2.51. The minimum absolute atomic E-state index is 0.00308. The van der Waals surface area contributed by atoms with Gasteiger partial charge in [-0.1, -0.05) is 22.9 Å². The number of aromatic amines is 2. The highest BCUT2D eigenvalue weighted by Crippen LogP contribution is 2.25. The highest BCUT2D eigenvalue weighted by Gasteiger charge is 2.18. The summed E-state index contributed by atoms with van der Waals surface area (Å²) in [5.74, 6) is 0.00308. The second-order valence-electron chi connectivity index (χ2n) is 3.70. The van der Waals surface area contributed by atoms with Crippen molar-refractivity contribution in [3.05, 3.63) is 32.7 Å². The molecule has 0 aliphatic heterocycles. The molecule has 0 aliphatic rings. The van der Waals surface area contributed by atoms with Gasteiger partial charge in [0.25, 0.3) is 0 Å². The maximum Gasteiger partial charge on any atom is 0.323 e. The van der Waals surface area contributed by atoms with Crippen LogP contribution in [0.25, 0.3) is 11.0 Å². The number of halogens is 2. The summed E-state index contributed by atoms with van der Waals surface area (Å²) in [5, 5.41) is 0. The van der Waals surface area contributed by atoms with Gasteiger partial charge in [-0.3, -0.25) is 4.79 Å². The molecule has 2 aromatic rings. The summed E-state index contributed by atoms with van der Waals surface area (Å²) in [6, 6.07) is 3.42. The molecule has 6 heteroatoms. The summed E-state index contributed by atoms with van der Waals surface area (Å²) in [4.78, 5) is 28.3. The molecule has 1 unspecified atom stereocenters. The molecule has 0 fully saturated rings. The zero-order valence-corrected chi connectivity index (χ0v) is 12.2. The van der Waals surface area contributed by atoms with Gasteiger partial charge in [-0.15, -0.1) is 0 Å². The highest BCUT2D eigenvalue weighted by molar-refractivity contribution is 9.10. The number of Topliss-reactive ketones (excluding diaryl/α,β-unsaturated/α-hetero) is 1. The SMILES string of the molecule is CCC(Br)C(=O)c1cc2[nH]c(=O)[nH]c2cc1Br. The van der Waals surface area contributed by atoms with Crippen molar-refractivity contribution >= 4 is 48.7 Å². The first-order chi connectivity index (χ1) is 8.02. The Morgan fingerprint density at radius 3 is 2.53 bits per heavy atom. The van der Waals surface area contributed by atoms with Gasteiger partial charge >= 0.3 is 5.69 Å². The van der Waals surface area contributed by atoms with Gasteiger partial charge in [0, 0.05) is 10.0 Å². The first-order valence-corrected chi connectivity index (χ1v) is 6.83. The number of aromatic nitrogens is 2. The van der Waals surface area contributed by atoms with Crippen LogP contribution in [0.1, 0.15) is 23.7 Å². The Morgan fingerprint density at radius 1 is 1.35 bits per heavy atom. The Bertz CT molecular complexity index is 630. The van der Waals surface area contributed by atoms with E-state index in [1.165, 1.54) is 0 Å². The maximum atomic E-state index is 12.1. The minimum Gasteiger partial charge on any atom is -0.306 e. The van der Waals surface area contributed by atoms with E-state index in [9.17, 15) is 9.59 Å². The number of alkyl halides is 1. The summed E-state index contributed by atoms with van der Waals surface area (Å²) >= 11 is 6.68. The first-order valence-electron chi connectivity index (χ1n) is 5.12. The van der Waals surface area contributed by atoms with Crippen LogP contribution < -0.4 is 5.69 Å². The van der Waals surface area contributed by atoms with Crippen molar-refractivity contribution in [2.75, 3.05) is 0 Å². The smallest absolute Gasteiger partial charge is 0.306 e. The molecule has 0 saturated heterocycles. The van der Waals surface area contributed by atoms with Gasteiger partial charge in [0.1, 0.15) is 0 Å². The average Bonchev–Trinajstić information content (AvgIpc) is 2.65. The van der Waals surface area contributed by atoms with Crippen molar-refractivity contribution in [3.63, 3.8) is 0 Å². The van der Waals surface area contributed by atoms with Crippen LogP contribution in [0.3, 0.4) is 0 Å². The average molecular weight is 362 g/mol. The van der Waals surface area contributed by atoms with E-state index in [1.807, 2.05) is 6.92 Å². The fourth-order valence-corrected chi connectivity index (χ4v) is 2.38. The molecule has 0 aliphatic carbocycles. The van der Waals surface area contributed by atoms with Crippen LogP contribution in [-0.4, -0.2) is 20.6 Å². The molecule has 1 atom stereocenters. The van der Waals surface area contributed by atoms with Crippen LogP contribution in [0, 0.1) is 0 Å². The zero-order valence-electron chi connectivity index (χ0n) is 9.01. The molecule has 0 saturated carbocycles. The van der Waals surface area contributed by atoms with E-state index < -0.39 is 0 Å². The number of hydrogen-bond acceptors (Lipinski definition) is 2.